The van der Waals surface area contributed by atoms with E-state index in [4.69, 9.17) is 0 Å². The fraction of sp³-hybridized carbons (Fsp3) is 0.533. The SMILES string of the molecule is CNC(=O)c1ccc(CN(C)C2CCCC2)cc1. The molecule has 1 aliphatic rings. The van der Waals surface area contributed by atoms with E-state index in [1.165, 1.54) is 31.2 Å². The zero-order valence-electron chi connectivity index (χ0n) is 11.3. The number of amides is 1. The summed E-state index contributed by atoms with van der Waals surface area (Å²) in [5.74, 6) is -0.0225. The summed E-state index contributed by atoms with van der Waals surface area (Å²) >= 11 is 0. The quantitative estimate of drug-likeness (QED) is 0.885. The molecule has 98 valence electrons. The first-order valence-corrected chi connectivity index (χ1v) is 6.72. The number of hydrogen-bond donors (Lipinski definition) is 1. The van der Waals surface area contributed by atoms with Crippen LogP contribution in [0.2, 0.25) is 0 Å². The maximum atomic E-state index is 11.4. The highest BCUT2D eigenvalue weighted by Crippen LogP contribution is 2.23. The van der Waals surface area contributed by atoms with Crippen LogP contribution in [0, 0.1) is 0 Å². The summed E-state index contributed by atoms with van der Waals surface area (Å²) in [6.07, 6.45) is 5.38. The Bertz CT molecular complexity index is 393. The molecule has 0 saturated heterocycles. The molecule has 0 heterocycles. The third-order valence-corrected chi connectivity index (χ3v) is 3.82. The van der Waals surface area contributed by atoms with Crippen molar-refractivity contribution in [2.45, 2.75) is 38.3 Å². The standard InChI is InChI=1S/C15H22N2O/c1-16-15(18)13-9-7-12(8-10-13)11-17(2)14-5-3-4-6-14/h7-10,14H,3-6,11H2,1-2H3,(H,16,18). The highest BCUT2D eigenvalue weighted by atomic mass is 16.1. The number of rotatable bonds is 4. The molecule has 18 heavy (non-hydrogen) atoms. The van der Waals surface area contributed by atoms with Gasteiger partial charge in [-0.15, -0.1) is 0 Å². The van der Waals surface area contributed by atoms with Crippen molar-refractivity contribution in [2.24, 2.45) is 0 Å². The number of nitrogens with zero attached hydrogens (tertiary/aromatic N) is 1. The second-order valence-electron chi connectivity index (χ2n) is 5.13. The van der Waals surface area contributed by atoms with Gasteiger partial charge in [0, 0.05) is 25.2 Å². The highest BCUT2D eigenvalue weighted by molar-refractivity contribution is 5.93. The van der Waals surface area contributed by atoms with E-state index < -0.39 is 0 Å². The molecular weight excluding hydrogens is 224 g/mol. The molecule has 1 aromatic carbocycles. The normalized spacial score (nSPS) is 16.2. The van der Waals surface area contributed by atoms with E-state index in [2.05, 4.69) is 29.4 Å². The molecule has 3 heteroatoms. The summed E-state index contributed by atoms with van der Waals surface area (Å²) in [7, 11) is 3.85. The smallest absolute Gasteiger partial charge is 0.251 e. The monoisotopic (exact) mass is 246 g/mol. The van der Waals surface area contributed by atoms with Crippen LogP contribution in [0.4, 0.5) is 0 Å². The van der Waals surface area contributed by atoms with E-state index in [1.54, 1.807) is 7.05 Å². The predicted molar refractivity (Wildman–Crippen MR) is 73.6 cm³/mol. The molecule has 0 radical (unpaired) electrons. The molecule has 3 nitrogen and oxygen atoms in total. The predicted octanol–water partition coefficient (Wildman–Crippen LogP) is 2.42. The Morgan fingerprint density at radius 2 is 1.89 bits per heavy atom. The number of nitrogens with one attached hydrogen (secondary N) is 1. The number of carbonyl (C=O) groups is 1. The average molecular weight is 246 g/mol. The Morgan fingerprint density at radius 1 is 1.28 bits per heavy atom. The van der Waals surface area contributed by atoms with Crippen molar-refractivity contribution in [1.29, 1.82) is 0 Å². The Morgan fingerprint density at radius 3 is 2.44 bits per heavy atom. The van der Waals surface area contributed by atoms with Crippen LogP contribution in [-0.2, 0) is 6.54 Å². The van der Waals surface area contributed by atoms with Crippen LogP contribution in [-0.4, -0.2) is 30.9 Å². The minimum absolute atomic E-state index is 0.0225. The van der Waals surface area contributed by atoms with Crippen molar-refractivity contribution < 1.29 is 4.79 Å². The summed E-state index contributed by atoms with van der Waals surface area (Å²) < 4.78 is 0. The fourth-order valence-corrected chi connectivity index (χ4v) is 2.67. The van der Waals surface area contributed by atoms with Gasteiger partial charge in [0.1, 0.15) is 0 Å². The van der Waals surface area contributed by atoms with E-state index >= 15 is 0 Å². The lowest BCUT2D eigenvalue weighted by Crippen LogP contribution is -2.28. The molecule has 1 amide bonds. The summed E-state index contributed by atoms with van der Waals surface area (Å²) in [6, 6.07) is 8.64. The molecule has 1 fully saturated rings. The highest BCUT2D eigenvalue weighted by Gasteiger charge is 2.19. The molecule has 0 atom stereocenters. The topological polar surface area (TPSA) is 32.3 Å². The van der Waals surface area contributed by atoms with Gasteiger partial charge in [0.15, 0.2) is 0 Å². The maximum absolute atomic E-state index is 11.4. The molecule has 0 aromatic heterocycles. The number of carbonyl (C=O) groups excluding carboxylic acids is 1. The Labute approximate surface area is 109 Å². The maximum Gasteiger partial charge on any atom is 0.251 e. The van der Waals surface area contributed by atoms with E-state index in [-0.39, 0.29) is 5.91 Å². The molecule has 1 N–H and O–H groups in total. The van der Waals surface area contributed by atoms with Gasteiger partial charge in [-0.25, -0.2) is 0 Å². The summed E-state index contributed by atoms with van der Waals surface area (Å²) in [6.45, 7) is 0.971. The van der Waals surface area contributed by atoms with Gasteiger partial charge in [0.05, 0.1) is 0 Å². The van der Waals surface area contributed by atoms with E-state index in [1.807, 2.05) is 12.1 Å². The molecule has 1 saturated carbocycles. The molecule has 0 aliphatic heterocycles. The van der Waals surface area contributed by atoms with Crippen LogP contribution in [0.3, 0.4) is 0 Å². The molecule has 0 bridgehead atoms. The molecule has 1 aromatic rings. The molecule has 2 rings (SSSR count). The zero-order valence-corrected chi connectivity index (χ0v) is 11.3. The van der Waals surface area contributed by atoms with Gasteiger partial charge in [0.2, 0.25) is 0 Å². The van der Waals surface area contributed by atoms with Gasteiger partial charge in [-0.3, -0.25) is 9.69 Å². The lowest BCUT2D eigenvalue weighted by molar-refractivity contribution is 0.0963. The Kier molecular flexibility index (Phi) is 4.37. The van der Waals surface area contributed by atoms with Crippen LogP contribution in [0.25, 0.3) is 0 Å². The van der Waals surface area contributed by atoms with Crippen LogP contribution < -0.4 is 5.32 Å². The Hall–Kier alpha value is -1.35. The van der Waals surface area contributed by atoms with Gasteiger partial charge in [0.25, 0.3) is 5.91 Å². The summed E-state index contributed by atoms with van der Waals surface area (Å²) in [4.78, 5) is 13.9. The zero-order chi connectivity index (χ0) is 13.0. The second-order valence-corrected chi connectivity index (χ2v) is 5.13. The third-order valence-electron chi connectivity index (χ3n) is 3.82. The van der Waals surface area contributed by atoms with Gasteiger partial charge in [-0.05, 0) is 37.6 Å². The largest absolute Gasteiger partial charge is 0.355 e. The number of hydrogen-bond acceptors (Lipinski definition) is 2. The van der Waals surface area contributed by atoms with E-state index in [9.17, 15) is 4.79 Å². The second kappa shape index (κ2) is 6.01. The van der Waals surface area contributed by atoms with Crippen molar-refractivity contribution in [3.8, 4) is 0 Å². The van der Waals surface area contributed by atoms with Gasteiger partial charge >= 0.3 is 0 Å². The van der Waals surface area contributed by atoms with Crippen molar-refractivity contribution in [1.82, 2.24) is 10.2 Å². The van der Waals surface area contributed by atoms with E-state index in [0.29, 0.717) is 0 Å². The fourth-order valence-electron chi connectivity index (χ4n) is 2.67. The molecule has 0 unspecified atom stereocenters. The van der Waals surface area contributed by atoms with Crippen molar-refractivity contribution in [3.05, 3.63) is 35.4 Å². The number of benzene rings is 1. The van der Waals surface area contributed by atoms with Crippen LogP contribution in [0.1, 0.15) is 41.6 Å². The van der Waals surface area contributed by atoms with Crippen LogP contribution in [0.5, 0.6) is 0 Å². The molecule has 0 spiro atoms. The third kappa shape index (κ3) is 3.10. The van der Waals surface area contributed by atoms with Crippen molar-refractivity contribution in [2.75, 3.05) is 14.1 Å². The average Bonchev–Trinajstić information content (AvgIpc) is 2.92. The molecular formula is C15H22N2O. The van der Waals surface area contributed by atoms with Gasteiger partial charge < -0.3 is 5.32 Å². The van der Waals surface area contributed by atoms with Crippen molar-refractivity contribution >= 4 is 5.91 Å². The Balaban J connectivity index is 1.95. The first-order chi connectivity index (χ1) is 8.70. The van der Waals surface area contributed by atoms with Gasteiger partial charge in [-0.1, -0.05) is 25.0 Å². The lowest BCUT2D eigenvalue weighted by atomic mass is 10.1. The first kappa shape index (κ1) is 13.1. The van der Waals surface area contributed by atoms with Crippen LogP contribution in [0.15, 0.2) is 24.3 Å². The lowest BCUT2D eigenvalue weighted by Gasteiger charge is -2.24. The van der Waals surface area contributed by atoms with Crippen LogP contribution >= 0.6 is 0 Å². The van der Waals surface area contributed by atoms with E-state index in [0.717, 1.165) is 18.2 Å². The minimum Gasteiger partial charge on any atom is -0.355 e. The van der Waals surface area contributed by atoms with Crippen molar-refractivity contribution in [3.63, 3.8) is 0 Å². The molecule has 1 aliphatic carbocycles. The minimum atomic E-state index is -0.0225. The summed E-state index contributed by atoms with van der Waals surface area (Å²) in [5.41, 5.74) is 2.00. The first-order valence-electron chi connectivity index (χ1n) is 6.72. The summed E-state index contributed by atoms with van der Waals surface area (Å²) in [5, 5.41) is 2.64. The van der Waals surface area contributed by atoms with Gasteiger partial charge in [-0.2, -0.15) is 0 Å².